The van der Waals surface area contributed by atoms with Gasteiger partial charge in [0.1, 0.15) is 6.10 Å². The van der Waals surface area contributed by atoms with Gasteiger partial charge in [-0.3, -0.25) is 0 Å². The molecule has 0 amide bonds. The number of benzene rings is 1. The summed E-state index contributed by atoms with van der Waals surface area (Å²) in [5.74, 6) is -1.98. The zero-order valence-corrected chi connectivity index (χ0v) is 8.71. The lowest BCUT2D eigenvalue weighted by Crippen LogP contribution is -2.20. The van der Waals surface area contributed by atoms with Gasteiger partial charge in [-0.25, -0.2) is 8.78 Å². The standard InChI is InChI=1S/C11H14F2O2/c1-3-15-7(2)11(14)8-5-4-6-9(12)10(8)13/h4-7,11,14H,3H2,1-2H3. The lowest BCUT2D eigenvalue weighted by atomic mass is 10.0. The van der Waals surface area contributed by atoms with E-state index in [0.29, 0.717) is 6.61 Å². The second kappa shape index (κ2) is 5.19. The molecule has 2 nitrogen and oxygen atoms in total. The fraction of sp³-hybridized carbons (Fsp3) is 0.455. The van der Waals surface area contributed by atoms with Crippen LogP contribution in [0.2, 0.25) is 0 Å². The van der Waals surface area contributed by atoms with Crippen molar-refractivity contribution in [2.24, 2.45) is 0 Å². The minimum atomic E-state index is -1.15. The van der Waals surface area contributed by atoms with Crippen molar-refractivity contribution >= 4 is 0 Å². The summed E-state index contributed by atoms with van der Waals surface area (Å²) in [7, 11) is 0. The Morgan fingerprint density at radius 3 is 2.67 bits per heavy atom. The molecule has 2 atom stereocenters. The summed E-state index contributed by atoms with van der Waals surface area (Å²) in [4.78, 5) is 0. The van der Waals surface area contributed by atoms with Crippen LogP contribution in [0.4, 0.5) is 8.78 Å². The number of aliphatic hydroxyl groups excluding tert-OH is 1. The van der Waals surface area contributed by atoms with Gasteiger partial charge in [0.15, 0.2) is 11.6 Å². The first-order valence-corrected chi connectivity index (χ1v) is 4.81. The maximum Gasteiger partial charge on any atom is 0.164 e. The van der Waals surface area contributed by atoms with E-state index in [1.807, 2.05) is 0 Å². The third-order valence-electron chi connectivity index (χ3n) is 2.17. The van der Waals surface area contributed by atoms with E-state index in [4.69, 9.17) is 4.74 Å². The fourth-order valence-electron chi connectivity index (χ4n) is 1.36. The molecular formula is C11H14F2O2. The van der Waals surface area contributed by atoms with Gasteiger partial charge in [0, 0.05) is 12.2 Å². The molecule has 0 saturated carbocycles. The predicted molar refractivity (Wildman–Crippen MR) is 52.4 cm³/mol. The van der Waals surface area contributed by atoms with Crippen molar-refractivity contribution in [2.45, 2.75) is 26.1 Å². The van der Waals surface area contributed by atoms with Gasteiger partial charge in [-0.05, 0) is 19.9 Å². The highest BCUT2D eigenvalue weighted by molar-refractivity contribution is 5.21. The normalized spacial score (nSPS) is 15.0. The Labute approximate surface area is 87.5 Å². The van der Waals surface area contributed by atoms with Crippen LogP contribution in [-0.2, 0) is 4.74 Å². The van der Waals surface area contributed by atoms with E-state index in [9.17, 15) is 13.9 Å². The number of aliphatic hydroxyl groups is 1. The maximum atomic E-state index is 13.3. The monoisotopic (exact) mass is 216 g/mol. The van der Waals surface area contributed by atoms with Crippen LogP contribution < -0.4 is 0 Å². The van der Waals surface area contributed by atoms with Crippen molar-refractivity contribution in [1.82, 2.24) is 0 Å². The maximum absolute atomic E-state index is 13.3. The fourth-order valence-corrected chi connectivity index (χ4v) is 1.36. The van der Waals surface area contributed by atoms with Crippen LogP contribution in [0.3, 0.4) is 0 Å². The summed E-state index contributed by atoms with van der Waals surface area (Å²) in [6, 6.07) is 3.71. The first-order chi connectivity index (χ1) is 7.07. The van der Waals surface area contributed by atoms with Crippen molar-refractivity contribution in [1.29, 1.82) is 0 Å². The largest absolute Gasteiger partial charge is 0.386 e. The molecule has 0 bridgehead atoms. The molecule has 0 heterocycles. The Bertz CT molecular complexity index is 328. The van der Waals surface area contributed by atoms with Crippen molar-refractivity contribution in [3.05, 3.63) is 35.4 Å². The third kappa shape index (κ3) is 2.73. The van der Waals surface area contributed by atoms with E-state index < -0.39 is 23.8 Å². The molecule has 1 N–H and O–H groups in total. The molecule has 0 aromatic heterocycles. The smallest absolute Gasteiger partial charge is 0.164 e. The van der Waals surface area contributed by atoms with Gasteiger partial charge in [-0.2, -0.15) is 0 Å². The second-order valence-electron chi connectivity index (χ2n) is 3.25. The minimum Gasteiger partial charge on any atom is -0.386 e. The van der Waals surface area contributed by atoms with Crippen LogP contribution >= 0.6 is 0 Å². The first-order valence-electron chi connectivity index (χ1n) is 4.81. The molecule has 1 aromatic rings. The second-order valence-corrected chi connectivity index (χ2v) is 3.25. The lowest BCUT2D eigenvalue weighted by molar-refractivity contribution is -0.0244. The molecule has 2 unspecified atom stereocenters. The molecule has 0 aliphatic heterocycles. The Morgan fingerprint density at radius 2 is 2.07 bits per heavy atom. The van der Waals surface area contributed by atoms with Gasteiger partial charge in [0.25, 0.3) is 0 Å². The van der Waals surface area contributed by atoms with Crippen LogP contribution in [-0.4, -0.2) is 17.8 Å². The van der Waals surface area contributed by atoms with Crippen molar-refractivity contribution < 1.29 is 18.6 Å². The van der Waals surface area contributed by atoms with E-state index in [2.05, 4.69) is 0 Å². The number of hydrogen-bond acceptors (Lipinski definition) is 2. The lowest BCUT2D eigenvalue weighted by Gasteiger charge is -2.19. The molecule has 1 aromatic carbocycles. The predicted octanol–water partition coefficient (Wildman–Crippen LogP) is 2.42. The zero-order chi connectivity index (χ0) is 11.4. The third-order valence-corrected chi connectivity index (χ3v) is 2.17. The van der Waals surface area contributed by atoms with Gasteiger partial charge >= 0.3 is 0 Å². The average Bonchev–Trinajstić information content (AvgIpc) is 2.21. The Morgan fingerprint density at radius 1 is 1.40 bits per heavy atom. The highest BCUT2D eigenvalue weighted by Gasteiger charge is 2.21. The Balaban J connectivity index is 2.90. The van der Waals surface area contributed by atoms with E-state index in [1.54, 1.807) is 13.8 Å². The van der Waals surface area contributed by atoms with Crippen molar-refractivity contribution in [3.8, 4) is 0 Å². The van der Waals surface area contributed by atoms with Gasteiger partial charge in [0.05, 0.1) is 6.10 Å². The number of ether oxygens (including phenoxy) is 1. The van der Waals surface area contributed by atoms with Gasteiger partial charge in [0.2, 0.25) is 0 Å². The number of rotatable bonds is 4. The van der Waals surface area contributed by atoms with Crippen molar-refractivity contribution in [2.75, 3.05) is 6.61 Å². The van der Waals surface area contributed by atoms with E-state index in [-0.39, 0.29) is 5.56 Å². The molecule has 0 aliphatic carbocycles. The molecule has 15 heavy (non-hydrogen) atoms. The summed E-state index contributed by atoms with van der Waals surface area (Å²) in [5.41, 5.74) is -0.0732. The molecule has 1 rings (SSSR count). The summed E-state index contributed by atoms with van der Waals surface area (Å²) in [6.45, 7) is 3.79. The SMILES string of the molecule is CCOC(C)C(O)c1cccc(F)c1F. The van der Waals surface area contributed by atoms with Gasteiger partial charge < -0.3 is 9.84 Å². The first kappa shape index (κ1) is 12.1. The topological polar surface area (TPSA) is 29.5 Å². The molecule has 0 aliphatic rings. The molecular weight excluding hydrogens is 202 g/mol. The quantitative estimate of drug-likeness (QED) is 0.837. The molecule has 0 fully saturated rings. The number of halogens is 2. The number of hydrogen-bond donors (Lipinski definition) is 1. The van der Waals surface area contributed by atoms with Crippen LogP contribution in [0.1, 0.15) is 25.5 Å². The molecule has 0 spiro atoms. The van der Waals surface area contributed by atoms with E-state index in [0.717, 1.165) is 6.07 Å². The molecule has 4 heteroatoms. The highest BCUT2D eigenvalue weighted by atomic mass is 19.2. The molecule has 0 saturated heterocycles. The van der Waals surface area contributed by atoms with Gasteiger partial charge in [-0.1, -0.05) is 12.1 Å². The Kier molecular flexibility index (Phi) is 4.17. The van der Waals surface area contributed by atoms with Crippen LogP contribution in [0, 0.1) is 11.6 Å². The van der Waals surface area contributed by atoms with Crippen LogP contribution in [0.5, 0.6) is 0 Å². The minimum absolute atomic E-state index is 0.0732. The van der Waals surface area contributed by atoms with Crippen molar-refractivity contribution in [3.63, 3.8) is 0 Å². The zero-order valence-electron chi connectivity index (χ0n) is 8.71. The molecule has 0 radical (unpaired) electrons. The average molecular weight is 216 g/mol. The van der Waals surface area contributed by atoms with Gasteiger partial charge in [-0.15, -0.1) is 0 Å². The van der Waals surface area contributed by atoms with E-state index in [1.165, 1.54) is 12.1 Å². The van der Waals surface area contributed by atoms with Crippen LogP contribution in [0.25, 0.3) is 0 Å². The van der Waals surface area contributed by atoms with E-state index >= 15 is 0 Å². The summed E-state index contributed by atoms with van der Waals surface area (Å²) >= 11 is 0. The highest BCUT2D eigenvalue weighted by Crippen LogP contribution is 2.23. The summed E-state index contributed by atoms with van der Waals surface area (Å²) in [5, 5.41) is 9.69. The summed E-state index contributed by atoms with van der Waals surface area (Å²) < 4.78 is 31.2. The Hall–Kier alpha value is -1.00. The van der Waals surface area contributed by atoms with Crippen LogP contribution in [0.15, 0.2) is 18.2 Å². The molecule has 84 valence electrons. The summed E-state index contributed by atoms with van der Waals surface area (Å²) in [6.07, 6.45) is -1.72.